The van der Waals surface area contributed by atoms with Crippen molar-refractivity contribution in [3.05, 3.63) is 40.5 Å². The maximum Gasteiger partial charge on any atom is 0.174 e. The number of carbonyl (C=O) groups is 3. The summed E-state index contributed by atoms with van der Waals surface area (Å²) in [5.41, 5.74) is 1.59. The molecule has 4 rings (SSSR count). The molecule has 0 fully saturated rings. The molecule has 0 radical (unpaired) electrons. The Hall–Kier alpha value is -2.27. The number of allylic oxidation sites excluding steroid dienone is 1. The number of phenolic OH excluding ortho intramolecular Hbond substituents is 1. The van der Waals surface area contributed by atoms with E-state index in [4.69, 9.17) is 4.74 Å². The molecule has 3 atom stereocenters. The summed E-state index contributed by atoms with van der Waals surface area (Å²) < 4.78 is 5.59. The fourth-order valence-electron chi connectivity index (χ4n) is 4.98. The zero-order valence-electron chi connectivity index (χ0n) is 15.2. The molecular formula is C21H22O5. The van der Waals surface area contributed by atoms with Gasteiger partial charge in [0.25, 0.3) is 0 Å². The fraction of sp³-hybridized carbons (Fsp3) is 0.476. The van der Waals surface area contributed by atoms with Crippen molar-refractivity contribution < 1.29 is 24.2 Å². The number of ketones is 3. The lowest BCUT2D eigenvalue weighted by molar-refractivity contribution is -0.119. The van der Waals surface area contributed by atoms with Gasteiger partial charge in [-0.15, -0.1) is 0 Å². The van der Waals surface area contributed by atoms with E-state index in [1.807, 2.05) is 13.8 Å². The van der Waals surface area contributed by atoms with Crippen LogP contribution in [0.2, 0.25) is 0 Å². The lowest BCUT2D eigenvalue weighted by Gasteiger charge is -2.45. The summed E-state index contributed by atoms with van der Waals surface area (Å²) >= 11 is 0. The quantitative estimate of drug-likeness (QED) is 0.838. The van der Waals surface area contributed by atoms with Crippen molar-refractivity contribution in [3.8, 4) is 5.75 Å². The summed E-state index contributed by atoms with van der Waals surface area (Å²) in [5.74, 6) is -2.34. The van der Waals surface area contributed by atoms with Crippen LogP contribution in [0, 0.1) is 17.3 Å². The lowest BCUT2D eigenvalue weighted by Crippen LogP contribution is -2.50. The van der Waals surface area contributed by atoms with Gasteiger partial charge < -0.3 is 9.84 Å². The molecule has 1 N–H and O–H groups in total. The Bertz CT molecular complexity index is 876. The van der Waals surface area contributed by atoms with E-state index in [2.05, 4.69) is 0 Å². The summed E-state index contributed by atoms with van der Waals surface area (Å²) in [6.45, 7) is 4.09. The largest absolute Gasteiger partial charge is 0.507 e. The number of hydrogen-bond acceptors (Lipinski definition) is 5. The number of carbonyl (C=O) groups excluding carboxylic acids is 3. The van der Waals surface area contributed by atoms with Gasteiger partial charge in [0.2, 0.25) is 0 Å². The second-order valence-corrected chi connectivity index (χ2v) is 8.37. The SMILES string of the molecule is CO[C@H]1CC2=C(C(=O)CC(C)(C)C2)[C@H]2C(=O)c3cccc(O)c3C(=O)[C@H]21. The van der Waals surface area contributed by atoms with Crippen LogP contribution >= 0.6 is 0 Å². The molecule has 0 saturated carbocycles. The van der Waals surface area contributed by atoms with E-state index in [9.17, 15) is 19.5 Å². The zero-order valence-corrected chi connectivity index (χ0v) is 15.2. The van der Waals surface area contributed by atoms with Crippen molar-refractivity contribution in [2.24, 2.45) is 17.3 Å². The monoisotopic (exact) mass is 354 g/mol. The van der Waals surface area contributed by atoms with Crippen molar-refractivity contribution in [1.82, 2.24) is 0 Å². The summed E-state index contributed by atoms with van der Waals surface area (Å²) in [7, 11) is 1.53. The van der Waals surface area contributed by atoms with Crippen LogP contribution in [0.3, 0.4) is 0 Å². The third-order valence-electron chi connectivity index (χ3n) is 5.97. The maximum absolute atomic E-state index is 13.3. The number of phenols is 1. The van der Waals surface area contributed by atoms with Crippen LogP contribution in [0.1, 0.15) is 53.8 Å². The van der Waals surface area contributed by atoms with Crippen molar-refractivity contribution in [2.45, 2.75) is 39.2 Å². The first-order chi connectivity index (χ1) is 12.2. The maximum atomic E-state index is 13.3. The third kappa shape index (κ3) is 2.30. The predicted molar refractivity (Wildman–Crippen MR) is 94.2 cm³/mol. The summed E-state index contributed by atoms with van der Waals surface area (Å²) in [5, 5.41) is 10.2. The minimum absolute atomic E-state index is 0.0365. The Kier molecular flexibility index (Phi) is 3.70. The highest BCUT2D eigenvalue weighted by atomic mass is 16.5. The second-order valence-electron chi connectivity index (χ2n) is 8.37. The molecule has 0 heterocycles. The van der Waals surface area contributed by atoms with Crippen LogP contribution in [-0.4, -0.2) is 35.7 Å². The summed E-state index contributed by atoms with van der Waals surface area (Å²) in [4.78, 5) is 39.3. The summed E-state index contributed by atoms with van der Waals surface area (Å²) in [6.07, 6.45) is 1.11. The normalized spacial score (nSPS) is 30.0. The van der Waals surface area contributed by atoms with Crippen LogP contribution in [0.15, 0.2) is 29.3 Å². The van der Waals surface area contributed by atoms with Gasteiger partial charge in [0.1, 0.15) is 5.75 Å². The van der Waals surface area contributed by atoms with Gasteiger partial charge in [-0.2, -0.15) is 0 Å². The zero-order chi connectivity index (χ0) is 18.8. The Balaban J connectivity index is 1.93. The number of methoxy groups -OCH3 is 1. The molecule has 136 valence electrons. The topological polar surface area (TPSA) is 80.7 Å². The van der Waals surface area contributed by atoms with E-state index in [1.165, 1.54) is 13.2 Å². The number of benzene rings is 1. The van der Waals surface area contributed by atoms with E-state index in [-0.39, 0.29) is 39.6 Å². The van der Waals surface area contributed by atoms with Gasteiger partial charge >= 0.3 is 0 Å². The molecule has 1 aromatic rings. The van der Waals surface area contributed by atoms with Crippen molar-refractivity contribution in [2.75, 3.05) is 7.11 Å². The first-order valence-electron chi connectivity index (χ1n) is 8.93. The molecule has 0 aromatic heterocycles. The predicted octanol–water partition coefficient (Wildman–Crippen LogP) is 3.11. The lowest BCUT2D eigenvalue weighted by atomic mass is 9.58. The molecule has 0 amide bonds. The molecule has 26 heavy (non-hydrogen) atoms. The van der Waals surface area contributed by atoms with Gasteiger partial charge in [-0.1, -0.05) is 31.6 Å². The van der Waals surface area contributed by atoms with Gasteiger partial charge in [0.05, 0.1) is 23.5 Å². The Morgan fingerprint density at radius 2 is 1.85 bits per heavy atom. The van der Waals surface area contributed by atoms with Gasteiger partial charge in [-0.05, 0) is 24.3 Å². The molecule has 0 aliphatic heterocycles. The molecule has 0 bridgehead atoms. The highest BCUT2D eigenvalue weighted by Crippen LogP contribution is 2.51. The number of ether oxygens (including phenoxy) is 1. The highest BCUT2D eigenvalue weighted by Gasteiger charge is 2.54. The number of fused-ring (bicyclic) bond motifs is 3. The number of rotatable bonds is 1. The van der Waals surface area contributed by atoms with Gasteiger partial charge in [-0.3, -0.25) is 14.4 Å². The Morgan fingerprint density at radius 1 is 1.12 bits per heavy atom. The summed E-state index contributed by atoms with van der Waals surface area (Å²) in [6, 6.07) is 4.52. The molecular weight excluding hydrogens is 332 g/mol. The van der Waals surface area contributed by atoms with E-state index >= 15 is 0 Å². The first kappa shape index (κ1) is 17.2. The van der Waals surface area contributed by atoms with Crippen molar-refractivity contribution in [1.29, 1.82) is 0 Å². The molecule has 0 spiro atoms. The second kappa shape index (κ2) is 5.61. The molecule has 5 heteroatoms. The molecule has 0 saturated heterocycles. The average Bonchev–Trinajstić information content (AvgIpc) is 2.56. The average molecular weight is 354 g/mol. The smallest absolute Gasteiger partial charge is 0.174 e. The van der Waals surface area contributed by atoms with Crippen LogP contribution in [0.4, 0.5) is 0 Å². The van der Waals surface area contributed by atoms with Crippen LogP contribution < -0.4 is 0 Å². The fourth-order valence-corrected chi connectivity index (χ4v) is 4.98. The van der Waals surface area contributed by atoms with Gasteiger partial charge in [-0.25, -0.2) is 0 Å². The standard InChI is InChI=1S/C21H22O5/c1-21(2)8-10-7-14(26-3)17-18(15(10)13(23)9-21)19(24)11-5-4-6-12(22)16(11)20(17)25/h4-6,14,17-18,22H,7-9H2,1-3H3/t14-,17-,18+/m0/s1. The highest BCUT2D eigenvalue weighted by molar-refractivity contribution is 6.21. The Labute approximate surface area is 152 Å². The molecule has 0 unspecified atom stereocenters. The number of aromatic hydroxyl groups is 1. The van der Waals surface area contributed by atoms with Crippen molar-refractivity contribution >= 4 is 17.3 Å². The van der Waals surface area contributed by atoms with E-state index in [0.717, 1.165) is 12.0 Å². The van der Waals surface area contributed by atoms with Gasteiger partial charge in [0, 0.05) is 24.7 Å². The minimum Gasteiger partial charge on any atom is -0.507 e. The molecule has 1 aromatic carbocycles. The third-order valence-corrected chi connectivity index (χ3v) is 5.97. The molecule has 3 aliphatic rings. The van der Waals surface area contributed by atoms with Crippen molar-refractivity contribution in [3.63, 3.8) is 0 Å². The molecule has 5 nitrogen and oxygen atoms in total. The Morgan fingerprint density at radius 3 is 2.54 bits per heavy atom. The van der Waals surface area contributed by atoms with Crippen LogP contribution in [0.5, 0.6) is 5.75 Å². The molecule has 3 aliphatic carbocycles. The van der Waals surface area contributed by atoms with Crippen LogP contribution in [0.25, 0.3) is 0 Å². The van der Waals surface area contributed by atoms with E-state index < -0.39 is 17.9 Å². The first-order valence-corrected chi connectivity index (χ1v) is 8.93. The number of hydrogen-bond donors (Lipinski definition) is 1. The van der Waals surface area contributed by atoms with E-state index in [0.29, 0.717) is 18.4 Å². The van der Waals surface area contributed by atoms with Gasteiger partial charge in [0.15, 0.2) is 17.3 Å². The van der Waals surface area contributed by atoms with E-state index in [1.54, 1.807) is 12.1 Å². The minimum atomic E-state index is -0.797. The number of Topliss-reactive ketones (excluding diaryl/α,β-unsaturated/α-hetero) is 3. The van der Waals surface area contributed by atoms with Crippen LogP contribution in [-0.2, 0) is 9.53 Å².